The van der Waals surface area contributed by atoms with Crippen LogP contribution in [-0.4, -0.2) is 53.1 Å². The molecule has 1 saturated carbocycles. The first-order chi connectivity index (χ1) is 9.57. The van der Waals surface area contributed by atoms with Crippen LogP contribution in [0, 0.1) is 5.41 Å². The molecule has 0 aromatic heterocycles. The van der Waals surface area contributed by atoms with Crippen molar-refractivity contribution in [1.29, 1.82) is 0 Å². The van der Waals surface area contributed by atoms with Crippen molar-refractivity contribution >= 4 is 12.0 Å². The Morgan fingerprint density at radius 1 is 1.10 bits per heavy atom. The van der Waals surface area contributed by atoms with Gasteiger partial charge in [0, 0.05) is 20.6 Å². The Hall–Kier alpha value is -1.26. The molecule has 0 spiro atoms. The summed E-state index contributed by atoms with van der Waals surface area (Å²) in [5, 5.41) is 9.24. The van der Waals surface area contributed by atoms with Crippen molar-refractivity contribution in [2.24, 2.45) is 5.41 Å². The van der Waals surface area contributed by atoms with Gasteiger partial charge in [0.15, 0.2) is 0 Å². The first-order valence-corrected chi connectivity index (χ1v) is 7.78. The fraction of sp³-hybridized carbons (Fsp3) is 0.875. The molecule has 1 N–H and O–H groups in total. The third-order valence-electron chi connectivity index (χ3n) is 4.30. The van der Waals surface area contributed by atoms with Gasteiger partial charge in [-0.2, -0.15) is 0 Å². The lowest BCUT2D eigenvalue weighted by Gasteiger charge is -2.45. The number of carbonyl (C=O) groups is 2. The molecular formula is C16H30N2O3. The van der Waals surface area contributed by atoms with E-state index in [0.29, 0.717) is 6.54 Å². The molecule has 1 rings (SSSR count). The van der Waals surface area contributed by atoms with Crippen molar-refractivity contribution in [2.75, 3.05) is 20.6 Å². The highest BCUT2D eigenvalue weighted by atomic mass is 16.4. The van der Waals surface area contributed by atoms with Gasteiger partial charge >= 0.3 is 12.0 Å². The zero-order valence-electron chi connectivity index (χ0n) is 14.1. The van der Waals surface area contributed by atoms with Crippen molar-refractivity contribution in [3.63, 3.8) is 0 Å². The fourth-order valence-electron chi connectivity index (χ4n) is 3.36. The zero-order chi connectivity index (χ0) is 16.3. The number of nitrogens with zero attached hydrogens (tertiary/aromatic N) is 2. The van der Waals surface area contributed by atoms with Crippen LogP contribution in [0.15, 0.2) is 0 Å². The van der Waals surface area contributed by atoms with E-state index in [4.69, 9.17) is 0 Å². The number of carbonyl (C=O) groups excluding carboxylic acids is 1. The van der Waals surface area contributed by atoms with Gasteiger partial charge in [0.2, 0.25) is 0 Å². The predicted octanol–water partition coefficient (Wildman–Crippen LogP) is 3.19. The van der Waals surface area contributed by atoms with E-state index >= 15 is 0 Å². The molecule has 122 valence electrons. The number of carboxylic acid groups (broad SMARTS) is 1. The van der Waals surface area contributed by atoms with E-state index in [1.807, 2.05) is 0 Å². The molecule has 0 saturated heterocycles. The second-order valence-corrected chi connectivity index (χ2v) is 7.61. The number of carboxylic acids is 1. The standard InChI is InChI=1S/C16H30N2O3/c1-15(2,3)12-17(4)14(21)18(5)16(11-13(19)20)9-7-6-8-10-16/h6-12H2,1-5H3,(H,19,20). The van der Waals surface area contributed by atoms with E-state index in [0.717, 1.165) is 32.1 Å². The third kappa shape index (κ3) is 4.90. The molecular weight excluding hydrogens is 268 g/mol. The van der Waals surface area contributed by atoms with Crippen LogP contribution in [-0.2, 0) is 4.79 Å². The topological polar surface area (TPSA) is 60.9 Å². The highest BCUT2D eigenvalue weighted by Crippen LogP contribution is 2.36. The lowest BCUT2D eigenvalue weighted by atomic mass is 9.78. The first-order valence-electron chi connectivity index (χ1n) is 7.78. The molecule has 0 aromatic carbocycles. The summed E-state index contributed by atoms with van der Waals surface area (Å²) in [6.45, 7) is 6.92. The van der Waals surface area contributed by atoms with Gasteiger partial charge in [-0.25, -0.2) is 4.79 Å². The number of urea groups is 1. The highest BCUT2D eigenvalue weighted by molar-refractivity contribution is 5.76. The van der Waals surface area contributed by atoms with Crippen LogP contribution in [0.4, 0.5) is 4.79 Å². The maximum atomic E-state index is 12.7. The Kier molecular flexibility index (Phi) is 5.65. The van der Waals surface area contributed by atoms with Crippen LogP contribution in [0.25, 0.3) is 0 Å². The smallest absolute Gasteiger partial charge is 0.319 e. The average Bonchev–Trinajstić information content (AvgIpc) is 2.35. The van der Waals surface area contributed by atoms with Gasteiger partial charge in [-0.1, -0.05) is 40.0 Å². The number of amides is 2. The maximum absolute atomic E-state index is 12.7. The van der Waals surface area contributed by atoms with Crippen LogP contribution in [0.5, 0.6) is 0 Å². The van der Waals surface area contributed by atoms with Gasteiger partial charge in [-0.05, 0) is 18.3 Å². The summed E-state index contributed by atoms with van der Waals surface area (Å²) in [6, 6.07) is -0.0759. The molecule has 0 aromatic rings. The molecule has 0 bridgehead atoms. The summed E-state index contributed by atoms with van der Waals surface area (Å²) >= 11 is 0. The maximum Gasteiger partial charge on any atom is 0.319 e. The number of hydrogen-bond acceptors (Lipinski definition) is 2. The Balaban J connectivity index is 2.86. The predicted molar refractivity (Wildman–Crippen MR) is 83.3 cm³/mol. The quantitative estimate of drug-likeness (QED) is 0.867. The molecule has 1 aliphatic rings. The first kappa shape index (κ1) is 17.8. The average molecular weight is 298 g/mol. The summed E-state index contributed by atoms with van der Waals surface area (Å²) in [5.41, 5.74) is -0.495. The molecule has 2 amide bonds. The van der Waals surface area contributed by atoms with Crippen LogP contribution >= 0.6 is 0 Å². The van der Waals surface area contributed by atoms with Crippen molar-refractivity contribution < 1.29 is 14.7 Å². The number of hydrogen-bond donors (Lipinski definition) is 1. The van der Waals surface area contributed by atoms with Crippen molar-refractivity contribution in [1.82, 2.24) is 9.80 Å². The molecule has 1 aliphatic carbocycles. The number of aliphatic carboxylic acids is 1. The lowest BCUT2D eigenvalue weighted by Crippen LogP contribution is -2.56. The molecule has 0 atom stereocenters. The minimum absolute atomic E-state index is 0.0256. The van der Waals surface area contributed by atoms with Crippen molar-refractivity contribution in [3.8, 4) is 0 Å². The minimum Gasteiger partial charge on any atom is -0.481 e. The Bertz CT molecular complexity index is 381. The van der Waals surface area contributed by atoms with Gasteiger partial charge < -0.3 is 14.9 Å². The molecule has 0 unspecified atom stereocenters. The molecule has 0 radical (unpaired) electrons. The second-order valence-electron chi connectivity index (χ2n) is 7.61. The van der Waals surface area contributed by atoms with Gasteiger partial charge in [0.05, 0.1) is 12.0 Å². The molecule has 5 heteroatoms. The summed E-state index contributed by atoms with van der Waals surface area (Å²) in [6.07, 6.45) is 4.72. The molecule has 1 fully saturated rings. The van der Waals surface area contributed by atoms with Gasteiger partial charge in [-0.3, -0.25) is 4.79 Å². The van der Waals surface area contributed by atoms with E-state index in [1.54, 1.807) is 23.9 Å². The minimum atomic E-state index is -0.824. The fourth-order valence-corrected chi connectivity index (χ4v) is 3.36. The molecule has 0 aliphatic heterocycles. The van der Waals surface area contributed by atoms with E-state index in [1.165, 1.54) is 0 Å². The summed E-state index contributed by atoms with van der Waals surface area (Å²) in [5.74, 6) is -0.824. The van der Waals surface area contributed by atoms with E-state index in [-0.39, 0.29) is 17.9 Å². The summed E-state index contributed by atoms with van der Waals surface area (Å²) < 4.78 is 0. The Labute approximate surface area is 128 Å². The van der Waals surface area contributed by atoms with Crippen LogP contribution in [0.2, 0.25) is 0 Å². The highest BCUT2D eigenvalue weighted by Gasteiger charge is 2.41. The van der Waals surface area contributed by atoms with E-state index < -0.39 is 11.5 Å². The second kappa shape index (κ2) is 6.67. The molecule has 0 heterocycles. The van der Waals surface area contributed by atoms with Gasteiger partial charge in [0.25, 0.3) is 0 Å². The lowest BCUT2D eigenvalue weighted by molar-refractivity contribution is -0.140. The summed E-state index contributed by atoms with van der Waals surface area (Å²) in [4.78, 5) is 27.3. The van der Waals surface area contributed by atoms with Crippen LogP contribution in [0.1, 0.15) is 59.3 Å². The Morgan fingerprint density at radius 2 is 1.62 bits per heavy atom. The molecule has 21 heavy (non-hydrogen) atoms. The van der Waals surface area contributed by atoms with Crippen LogP contribution < -0.4 is 0 Å². The van der Waals surface area contributed by atoms with E-state index in [9.17, 15) is 14.7 Å². The van der Waals surface area contributed by atoms with Crippen molar-refractivity contribution in [2.45, 2.75) is 64.8 Å². The largest absolute Gasteiger partial charge is 0.481 e. The van der Waals surface area contributed by atoms with Gasteiger partial charge in [-0.15, -0.1) is 0 Å². The van der Waals surface area contributed by atoms with Gasteiger partial charge in [0.1, 0.15) is 0 Å². The zero-order valence-corrected chi connectivity index (χ0v) is 14.1. The summed E-state index contributed by atoms with van der Waals surface area (Å²) in [7, 11) is 3.55. The third-order valence-corrected chi connectivity index (χ3v) is 4.30. The monoisotopic (exact) mass is 298 g/mol. The van der Waals surface area contributed by atoms with E-state index in [2.05, 4.69) is 20.8 Å². The molecule has 5 nitrogen and oxygen atoms in total. The normalized spacial score (nSPS) is 18.1. The SMILES string of the molecule is CN(CC(C)(C)C)C(=O)N(C)C1(CC(=O)O)CCCCC1. The number of rotatable bonds is 4. The Morgan fingerprint density at radius 3 is 2.05 bits per heavy atom. The van der Waals surface area contributed by atoms with Crippen molar-refractivity contribution in [3.05, 3.63) is 0 Å². The van der Waals surface area contributed by atoms with Crippen LogP contribution in [0.3, 0.4) is 0 Å².